The first kappa shape index (κ1) is 16.4. The lowest BCUT2D eigenvalue weighted by Gasteiger charge is -2.28. The first-order chi connectivity index (χ1) is 11.3. The van der Waals surface area contributed by atoms with Gasteiger partial charge in [0.1, 0.15) is 12.3 Å². The zero-order valence-corrected chi connectivity index (χ0v) is 12.8. The maximum absolute atomic E-state index is 12.3. The predicted molar refractivity (Wildman–Crippen MR) is 79.2 cm³/mol. The van der Waals surface area contributed by atoms with E-state index in [1.165, 1.54) is 12.3 Å². The third kappa shape index (κ3) is 3.87. The van der Waals surface area contributed by atoms with E-state index in [0.29, 0.717) is 25.2 Å². The third-order valence-corrected chi connectivity index (χ3v) is 3.92. The number of rotatable bonds is 3. The molecule has 128 valence electrons. The molecule has 0 aliphatic carbocycles. The molecule has 8 heteroatoms. The number of nitrogens with zero attached hydrogens (tertiary/aromatic N) is 3. The first-order valence-electron chi connectivity index (χ1n) is 7.48. The number of benzene rings is 1. The summed E-state index contributed by atoms with van der Waals surface area (Å²) < 4.78 is 37.7. The van der Waals surface area contributed by atoms with E-state index in [2.05, 4.69) is 5.10 Å². The Labute approximate surface area is 136 Å². The van der Waals surface area contributed by atoms with E-state index in [0.717, 1.165) is 15.8 Å². The molecule has 5 nitrogen and oxygen atoms in total. The van der Waals surface area contributed by atoms with E-state index >= 15 is 0 Å². The van der Waals surface area contributed by atoms with Crippen LogP contribution in [-0.2, 0) is 30.7 Å². The van der Waals surface area contributed by atoms with E-state index in [4.69, 9.17) is 0 Å². The smallest absolute Gasteiger partial charge is 0.408 e. The Morgan fingerprint density at radius 3 is 2.79 bits per heavy atom. The van der Waals surface area contributed by atoms with Crippen LogP contribution in [0.4, 0.5) is 13.2 Å². The quantitative estimate of drug-likeness (QED) is 0.933. The molecule has 3 rings (SSSR count). The molecule has 0 unspecified atom stereocenters. The topological polar surface area (TPSA) is 58.4 Å². The van der Waals surface area contributed by atoms with E-state index in [-0.39, 0.29) is 18.1 Å². The Kier molecular flexibility index (Phi) is 4.21. The Morgan fingerprint density at radius 1 is 1.25 bits per heavy atom. The summed E-state index contributed by atoms with van der Waals surface area (Å²) in [6, 6.07) is 6.51. The number of hydrogen-bond acceptors (Lipinski definition) is 3. The number of phenolic OH excluding ortho intramolecular Hbond substituents is 1. The van der Waals surface area contributed by atoms with Crippen LogP contribution in [0.25, 0.3) is 0 Å². The number of amides is 1. The van der Waals surface area contributed by atoms with E-state index in [9.17, 15) is 23.1 Å². The van der Waals surface area contributed by atoms with Gasteiger partial charge in [-0.05, 0) is 35.7 Å². The van der Waals surface area contributed by atoms with E-state index in [1.54, 1.807) is 17.0 Å². The Morgan fingerprint density at radius 2 is 2.04 bits per heavy atom. The minimum absolute atomic E-state index is 0.0427. The number of aromatic hydroxyl groups is 1. The Bertz CT molecular complexity index is 755. The van der Waals surface area contributed by atoms with Crippen molar-refractivity contribution in [3.63, 3.8) is 0 Å². The standard InChI is InChI=1S/C16H16F3N3O2/c17-16(18,19)10-22-6-4-13(20-22)8-15(24)21-5-3-11-1-2-14(23)7-12(11)9-21/h1-2,4,6-7,23H,3,5,8-10H2. The van der Waals surface area contributed by atoms with Crippen molar-refractivity contribution in [3.8, 4) is 5.75 Å². The monoisotopic (exact) mass is 339 g/mol. The fraction of sp³-hybridized carbons (Fsp3) is 0.375. The number of phenols is 1. The van der Waals surface area contributed by atoms with Gasteiger partial charge >= 0.3 is 6.18 Å². The van der Waals surface area contributed by atoms with Crippen LogP contribution < -0.4 is 0 Å². The Balaban J connectivity index is 1.64. The van der Waals surface area contributed by atoms with Crippen molar-refractivity contribution in [2.75, 3.05) is 6.54 Å². The van der Waals surface area contributed by atoms with Gasteiger partial charge in [0.05, 0.1) is 12.1 Å². The van der Waals surface area contributed by atoms with Gasteiger partial charge in [-0.2, -0.15) is 18.3 Å². The van der Waals surface area contributed by atoms with Crippen LogP contribution in [0.3, 0.4) is 0 Å². The van der Waals surface area contributed by atoms with Crippen molar-refractivity contribution in [2.45, 2.75) is 32.1 Å². The zero-order chi connectivity index (χ0) is 17.3. The summed E-state index contributed by atoms with van der Waals surface area (Å²) in [5.74, 6) is -0.0461. The molecule has 2 aromatic rings. The van der Waals surface area contributed by atoms with Crippen molar-refractivity contribution in [1.82, 2.24) is 14.7 Å². The molecule has 0 fully saturated rings. The van der Waals surface area contributed by atoms with Crippen LogP contribution in [0.1, 0.15) is 16.8 Å². The van der Waals surface area contributed by atoms with Gasteiger partial charge in [0, 0.05) is 19.3 Å². The molecule has 1 amide bonds. The van der Waals surface area contributed by atoms with Crippen molar-refractivity contribution < 1.29 is 23.1 Å². The average molecular weight is 339 g/mol. The van der Waals surface area contributed by atoms with Crippen LogP contribution in [0.5, 0.6) is 5.75 Å². The number of halogens is 3. The summed E-state index contributed by atoms with van der Waals surface area (Å²) in [6.45, 7) is -0.247. The van der Waals surface area contributed by atoms with Gasteiger partial charge in [-0.3, -0.25) is 9.48 Å². The highest BCUT2D eigenvalue weighted by Crippen LogP contribution is 2.23. The van der Waals surface area contributed by atoms with Crippen molar-refractivity contribution in [2.24, 2.45) is 0 Å². The number of hydrogen-bond donors (Lipinski definition) is 1. The fourth-order valence-corrected chi connectivity index (χ4v) is 2.79. The van der Waals surface area contributed by atoms with Crippen molar-refractivity contribution in [3.05, 3.63) is 47.3 Å². The molecule has 24 heavy (non-hydrogen) atoms. The van der Waals surface area contributed by atoms with Gasteiger partial charge in [0.15, 0.2) is 0 Å². The summed E-state index contributed by atoms with van der Waals surface area (Å²) >= 11 is 0. The molecule has 1 aromatic carbocycles. The molecule has 1 aliphatic rings. The van der Waals surface area contributed by atoms with Gasteiger partial charge in [0.2, 0.25) is 5.91 Å². The summed E-state index contributed by atoms with van der Waals surface area (Å²) in [5.41, 5.74) is 2.29. The van der Waals surface area contributed by atoms with Gasteiger partial charge in [0.25, 0.3) is 0 Å². The van der Waals surface area contributed by atoms with Crippen LogP contribution in [-0.4, -0.2) is 38.4 Å². The second-order valence-corrected chi connectivity index (χ2v) is 5.81. The first-order valence-corrected chi connectivity index (χ1v) is 7.48. The molecule has 0 spiro atoms. The summed E-state index contributed by atoms with van der Waals surface area (Å²) in [6.07, 6.45) is -2.48. The van der Waals surface area contributed by atoms with Gasteiger partial charge in [-0.25, -0.2) is 0 Å². The lowest BCUT2D eigenvalue weighted by atomic mass is 9.99. The minimum Gasteiger partial charge on any atom is -0.508 e. The summed E-state index contributed by atoms with van der Waals surface area (Å²) in [7, 11) is 0. The third-order valence-electron chi connectivity index (χ3n) is 3.92. The van der Waals surface area contributed by atoms with E-state index < -0.39 is 12.7 Å². The number of carbonyl (C=O) groups excluding carboxylic acids is 1. The van der Waals surface area contributed by atoms with Crippen molar-refractivity contribution >= 4 is 5.91 Å². The number of carbonyl (C=O) groups is 1. The van der Waals surface area contributed by atoms with Gasteiger partial charge in [-0.15, -0.1) is 0 Å². The summed E-state index contributed by atoms with van der Waals surface area (Å²) in [5, 5.41) is 13.3. The van der Waals surface area contributed by atoms with Crippen LogP contribution in [0.2, 0.25) is 0 Å². The highest BCUT2D eigenvalue weighted by atomic mass is 19.4. The molecule has 0 saturated heterocycles. The van der Waals surface area contributed by atoms with Crippen LogP contribution in [0, 0.1) is 0 Å². The molecule has 1 N–H and O–H groups in total. The molecule has 0 bridgehead atoms. The molecule has 0 radical (unpaired) electrons. The number of aromatic nitrogens is 2. The molecule has 1 aromatic heterocycles. The summed E-state index contributed by atoms with van der Waals surface area (Å²) in [4.78, 5) is 14.0. The maximum Gasteiger partial charge on any atom is 0.408 e. The lowest BCUT2D eigenvalue weighted by molar-refractivity contribution is -0.142. The molecule has 0 saturated carbocycles. The number of fused-ring (bicyclic) bond motifs is 1. The van der Waals surface area contributed by atoms with Gasteiger partial charge in [-0.1, -0.05) is 6.07 Å². The number of alkyl halides is 3. The average Bonchev–Trinajstić information content (AvgIpc) is 2.91. The molecule has 1 aliphatic heterocycles. The van der Waals surface area contributed by atoms with Crippen LogP contribution >= 0.6 is 0 Å². The van der Waals surface area contributed by atoms with E-state index in [1.807, 2.05) is 6.07 Å². The normalized spacial score (nSPS) is 14.5. The molecule has 0 atom stereocenters. The predicted octanol–water partition coefficient (Wildman–Crippen LogP) is 2.28. The van der Waals surface area contributed by atoms with Crippen molar-refractivity contribution in [1.29, 1.82) is 0 Å². The Hall–Kier alpha value is -2.51. The highest BCUT2D eigenvalue weighted by molar-refractivity contribution is 5.78. The maximum atomic E-state index is 12.3. The lowest BCUT2D eigenvalue weighted by Crippen LogP contribution is -2.37. The second kappa shape index (κ2) is 6.18. The highest BCUT2D eigenvalue weighted by Gasteiger charge is 2.28. The largest absolute Gasteiger partial charge is 0.508 e. The minimum atomic E-state index is -4.34. The fourth-order valence-electron chi connectivity index (χ4n) is 2.79. The molecular weight excluding hydrogens is 323 g/mol. The SMILES string of the molecule is O=C(Cc1ccn(CC(F)(F)F)n1)N1CCc2ccc(O)cc2C1. The van der Waals surface area contributed by atoms with Gasteiger partial charge < -0.3 is 10.0 Å². The second-order valence-electron chi connectivity index (χ2n) is 5.81. The van der Waals surface area contributed by atoms with Crippen LogP contribution in [0.15, 0.2) is 30.5 Å². The molecular formula is C16H16F3N3O2. The zero-order valence-electron chi connectivity index (χ0n) is 12.8. The molecule has 2 heterocycles.